The molecule has 0 radical (unpaired) electrons. The normalized spacial score (nSPS) is 33.0. The van der Waals surface area contributed by atoms with Crippen LogP contribution in [0.2, 0.25) is 0 Å². The number of nitrogens with one attached hydrogen (secondary N) is 1. The van der Waals surface area contributed by atoms with E-state index in [4.69, 9.17) is 4.74 Å². The van der Waals surface area contributed by atoms with Gasteiger partial charge in [0.05, 0.1) is 0 Å². The molecule has 2 aliphatic heterocycles. The maximum Gasteiger partial charge on any atom is 0.220 e. The van der Waals surface area contributed by atoms with Gasteiger partial charge in [0.15, 0.2) is 0 Å². The quantitative estimate of drug-likeness (QED) is 0.774. The first-order chi connectivity index (χ1) is 7.24. The third-order valence-electron chi connectivity index (χ3n) is 3.93. The molecule has 1 amide bonds. The van der Waals surface area contributed by atoms with Crippen LogP contribution >= 0.6 is 0 Å². The predicted molar refractivity (Wildman–Crippen MR) is 58.6 cm³/mol. The Bertz CT molecular complexity index is 236. The summed E-state index contributed by atoms with van der Waals surface area (Å²) >= 11 is 0. The zero-order valence-corrected chi connectivity index (χ0v) is 9.55. The van der Waals surface area contributed by atoms with Crippen molar-refractivity contribution in [3.8, 4) is 0 Å². The zero-order chi connectivity index (χ0) is 10.7. The van der Waals surface area contributed by atoms with Crippen LogP contribution in [-0.2, 0) is 9.53 Å². The second-order valence-corrected chi connectivity index (χ2v) is 4.94. The molecule has 1 atom stereocenters. The van der Waals surface area contributed by atoms with E-state index in [9.17, 15) is 4.79 Å². The van der Waals surface area contributed by atoms with Gasteiger partial charge in [-0.15, -0.1) is 0 Å². The Balaban J connectivity index is 1.92. The minimum Gasteiger partial charge on any atom is -0.381 e. The molecule has 2 rings (SSSR count). The fourth-order valence-electron chi connectivity index (χ4n) is 2.84. The van der Waals surface area contributed by atoms with Gasteiger partial charge in [0, 0.05) is 25.2 Å². The van der Waals surface area contributed by atoms with E-state index >= 15 is 0 Å². The molecule has 0 aromatic heterocycles. The zero-order valence-electron chi connectivity index (χ0n) is 9.55. The van der Waals surface area contributed by atoms with E-state index in [2.05, 4.69) is 12.2 Å². The standard InChI is InChI=1S/C12H21NO2/c1-2-12(6-3-11(14)13-12)9-10-4-7-15-8-5-10/h10H,2-9H2,1H3,(H,13,14). The smallest absolute Gasteiger partial charge is 0.220 e. The van der Waals surface area contributed by atoms with Crippen molar-refractivity contribution < 1.29 is 9.53 Å². The third-order valence-corrected chi connectivity index (χ3v) is 3.93. The van der Waals surface area contributed by atoms with Gasteiger partial charge in [-0.25, -0.2) is 0 Å². The van der Waals surface area contributed by atoms with Crippen molar-refractivity contribution in [2.75, 3.05) is 13.2 Å². The van der Waals surface area contributed by atoms with Crippen LogP contribution in [0.3, 0.4) is 0 Å². The van der Waals surface area contributed by atoms with E-state index in [1.165, 1.54) is 0 Å². The lowest BCUT2D eigenvalue weighted by molar-refractivity contribution is -0.119. The number of hydrogen-bond acceptors (Lipinski definition) is 2. The monoisotopic (exact) mass is 211 g/mol. The SMILES string of the molecule is CCC1(CC2CCOCC2)CCC(=O)N1. The summed E-state index contributed by atoms with van der Waals surface area (Å²) in [7, 11) is 0. The van der Waals surface area contributed by atoms with Crippen LogP contribution in [0.15, 0.2) is 0 Å². The van der Waals surface area contributed by atoms with Gasteiger partial charge in [-0.2, -0.15) is 0 Å². The summed E-state index contributed by atoms with van der Waals surface area (Å²) in [6.45, 7) is 3.99. The van der Waals surface area contributed by atoms with Crippen LogP contribution in [0.4, 0.5) is 0 Å². The summed E-state index contributed by atoms with van der Waals surface area (Å²) in [6.07, 6.45) is 6.29. The molecule has 0 spiro atoms. The van der Waals surface area contributed by atoms with Crippen molar-refractivity contribution in [2.45, 2.75) is 51.0 Å². The number of amides is 1. The lowest BCUT2D eigenvalue weighted by Crippen LogP contribution is -2.43. The van der Waals surface area contributed by atoms with E-state index in [-0.39, 0.29) is 11.4 Å². The maximum atomic E-state index is 11.3. The fraction of sp³-hybridized carbons (Fsp3) is 0.917. The number of ether oxygens (including phenoxy) is 1. The van der Waals surface area contributed by atoms with Crippen LogP contribution in [0.1, 0.15) is 45.4 Å². The molecule has 0 aromatic rings. The summed E-state index contributed by atoms with van der Waals surface area (Å²) in [5, 5.41) is 3.18. The first-order valence-electron chi connectivity index (χ1n) is 6.13. The Morgan fingerprint density at radius 3 is 2.73 bits per heavy atom. The van der Waals surface area contributed by atoms with Gasteiger partial charge in [0.25, 0.3) is 0 Å². The molecule has 0 bridgehead atoms. The number of carbonyl (C=O) groups is 1. The Kier molecular flexibility index (Phi) is 3.29. The predicted octanol–water partition coefficient (Wildman–Crippen LogP) is 1.86. The minimum absolute atomic E-state index is 0.110. The van der Waals surface area contributed by atoms with E-state index in [0.29, 0.717) is 0 Å². The first-order valence-corrected chi connectivity index (χ1v) is 6.13. The van der Waals surface area contributed by atoms with Crippen molar-refractivity contribution in [2.24, 2.45) is 5.92 Å². The molecule has 2 aliphatic rings. The van der Waals surface area contributed by atoms with Crippen LogP contribution in [0.5, 0.6) is 0 Å². The highest BCUT2D eigenvalue weighted by molar-refractivity contribution is 5.79. The first kappa shape index (κ1) is 10.9. The van der Waals surface area contributed by atoms with E-state index in [1.807, 2.05) is 0 Å². The molecule has 0 saturated carbocycles. The molecule has 0 aromatic carbocycles. The lowest BCUT2D eigenvalue weighted by Gasteiger charge is -2.33. The van der Waals surface area contributed by atoms with Crippen LogP contribution in [-0.4, -0.2) is 24.7 Å². The highest BCUT2D eigenvalue weighted by atomic mass is 16.5. The molecule has 1 unspecified atom stereocenters. The van der Waals surface area contributed by atoms with Crippen LogP contribution in [0.25, 0.3) is 0 Å². The van der Waals surface area contributed by atoms with Crippen molar-refractivity contribution in [3.63, 3.8) is 0 Å². The Labute approximate surface area is 91.6 Å². The molecule has 86 valence electrons. The second kappa shape index (κ2) is 4.52. The molecular weight excluding hydrogens is 190 g/mol. The van der Waals surface area contributed by atoms with Gasteiger partial charge in [-0.3, -0.25) is 4.79 Å². The highest BCUT2D eigenvalue weighted by Crippen LogP contribution is 2.33. The third kappa shape index (κ3) is 2.51. The molecule has 0 aliphatic carbocycles. The van der Waals surface area contributed by atoms with Crippen molar-refractivity contribution in [1.82, 2.24) is 5.32 Å². The second-order valence-electron chi connectivity index (χ2n) is 4.94. The maximum absolute atomic E-state index is 11.3. The van der Waals surface area contributed by atoms with Gasteiger partial charge >= 0.3 is 0 Å². The highest BCUT2D eigenvalue weighted by Gasteiger charge is 2.37. The van der Waals surface area contributed by atoms with Crippen LogP contribution in [0, 0.1) is 5.92 Å². The molecule has 1 N–H and O–H groups in total. The average Bonchev–Trinajstić information content (AvgIpc) is 2.62. The molecule has 2 fully saturated rings. The molecule has 15 heavy (non-hydrogen) atoms. The fourth-order valence-corrected chi connectivity index (χ4v) is 2.84. The number of carbonyl (C=O) groups excluding carboxylic acids is 1. The van der Waals surface area contributed by atoms with Crippen LogP contribution < -0.4 is 5.32 Å². The molecular formula is C12H21NO2. The molecule has 3 nitrogen and oxygen atoms in total. The van der Waals surface area contributed by atoms with E-state index in [1.54, 1.807) is 0 Å². The van der Waals surface area contributed by atoms with Gasteiger partial charge in [0.1, 0.15) is 0 Å². The lowest BCUT2D eigenvalue weighted by atomic mass is 9.81. The van der Waals surface area contributed by atoms with Gasteiger partial charge in [-0.1, -0.05) is 6.92 Å². The van der Waals surface area contributed by atoms with Crippen molar-refractivity contribution >= 4 is 5.91 Å². The largest absolute Gasteiger partial charge is 0.381 e. The minimum atomic E-state index is 0.110. The van der Waals surface area contributed by atoms with Gasteiger partial charge in [0.2, 0.25) is 5.91 Å². The summed E-state index contributed by atoms with van der Waals surface area (Å²) in [5.74, 6) is 0.987. The van der Waals surface area contributed by atoms with Crippen molar-refractivity contribution in [3.05, 3.63) is 0 Å². The summed E-state index contributed by atoms with van der Waals surface area (Å²) in [4.78, 5) is 11.3. The number of rotatable bonds is 3. The van der Waals surface area contributed by atoms with Crippen molar-refractivity contribution in [1.29, 1.82) is 0 Å². The summed E-state index contributed by atoms with van der Waals surface area (Å²) in [6, 6.07) is 0. The van der Waals surface area contributed by atoms with Gasteiger partial charge in [-0.05, 0) is 38.0 Å². The van der Waals surface area contributed by atoms with E-state index in [0.717, 1.165) is 57.7 Å². The Morgan fingerprint density at radius 2 is 2.20 bits per heavy atom. The molecule has 2 heterocycles. The molecule has 3 heteroatoms. The Hall–Kier alpha value is -0.570. The van der Waals surface area contributed by atoms with E-state index < -0.39 is 0 Å². The summed E-state index contributed by atoms with van der Waals surface area (Å²) < 4.78 is 5.36. The average molecular weight is 211 g/mol. The Morgan fingerprint density at radius 1 is 1.47 bits per heavy atom. The number of hydrogen-bond donors (Lipinski definition) is 1. The molecule has 2 saturated heterocycles. The topological polar surface area (TPSA) is 38.3 Å². The summed E-state index contributed by atoms with van der Waals surface area (Å²) in [5.41, 5.74) is 0.110. The van der Waals surface area contributed by atoms with Gasteiger partial charge < -0.3 is 10.1 Å².